The van der Waals surface area contributed by atoms with Crippen LogP contribution in [-0.4, -0.2) is 153 Å². The highest BCUT2D eigenvalue weighted by Crippen LogP contribution is 2.41. The molecular weight excluding hydrogens is 1610 g/mol. The summed E-state index contributed by atoms with van der Waals surface area (Å²) in [4.78, 5) is 86.5. The zero-order valence-electron chi connectivity index (χ0n) is 69.3. The van der Waals surface area contributed by atoms with Crippen LogP contribution in [0.2, 0.25) is 0 Å². The molecular formula is C90H129BrN10O13S3. The molecule has 0 radical (unpaired) electrons. The fraction of sp³-hybridized carbons (Fsp3) is 0.633. The first-order chi connectivity index (χ1) is 55.4. The van der Waals surface area contributed by atoms with Crippen LogP contribution in [0, 0.1) is 50.4 Å². The molecule has 6 heterocycles. The number of nitrogens with zero attached hydrogens (tertiary/aromatic N) is 7. The molecule has 23 nitrogen and oxygen atoms in total. The standard InChI is InChI=1S/C29H40N4O4S.C28H39N3O3S.C15H23N3O3S.C13H17Br.C4H6O3.CH4/c1-21-20-26(33(22(2)34)25-10-6-7-11-25)13-12-23(21)14-19-38(36,37)32-17-15-29(16-18-32)28(35)30-27(31-29)24-8-4-3-5-9-24;1-21-19-23(20-22-7-5-6-8-22)11-12-24(21)13-18-35(33,34)31-16-14-28(15-17-31)27(32)29-26(30-28)25-9-3-2-4-10-25;1-2-22(20,21)18-10-8-15(9-11-18)14(19)16-13(17-15)12-6-4-3-5-7-12;1-10-8-12(6-7-13(10)14)9-11-4-2-3-5-11;1-3(5)7-4(2)6;/h12-14,19-20,24-25H,3-11,15-18H2,1-2H3,(H,30,31,35);11-13,18-19,22,25H,2-10,14-17,20H2,1H3,(H,29,30,32);2,12H,1,3-11H2,(H,16,17,19);6-8,11H,2-5,9H2,1H3;1-2H3;1H4/b19-14+;18-13+;;;;. The number of piperidine rings is 3. The van der Waals surface area contributed by atoms with E-state index in [-0.39, 0.29) is 50.2 Å². The fourth-order valence-electron chi connectivity index (χ4n) is 19.3. The average molecular weight is 1740 g/mol. The molecule has 6 aliphatic heterocycles. The molecule has 4 amide bonds. The second-order valence-electron chi connectivity index (χ2n) is 34.5. The van der Waals surface area contributed by atoms with Gasteiger partial charge in [0.15, 0.2) is 0 Å². The van der Waals surface area contributed by atoms with Gasteiger partial charge in [-0.05, 0) is 205 Å². The second kappa shape index (κ2) is 41.6. The predicted molar refractivity (Wildman–Crippen MR) is 469 cm³/mol. The van der Waals surface area contributed by atoms with Crippen LogP contribution in [-0.2, 0) is 76.4 Å². The number of hydrogen-bond donors (Lipinski definition) is 3. The van der Waals surface area contributed by atoms with E-state index in [9.17, 15) is 54.0 Å². The maximum Gasteiger partial charge on any atom is 0.310 e. The highest BCUT2D eigenvalue weighted by molar-refractivity contribution is 9.10. The Morgan fingerprint density at radius 2 is 0.795 bits per heavy atom. The Bertz CT molecular complexity index is 4520. The Labute approximate surface area is 705 Å². The lowest BCUT2D eigenvalue weighted by atomic mass is 9.88. The predicted octanol–water partition coefficient (Wildman–Crippen LogP) is 16.1. The Morgan fingerprint density at radius 1 is 0.470 bits per heavy atom. The Kier molecular flexibility index (Phi) is 32.9. The van der Waals surface area contributed by atoms with Crippen molar-refractivity contribution in [3.63, 3.8) is 0 Å². The van der Waals surface area contributed by atoms with Gasteiger partial charge in [-0.25, -0.2) is 25.3 Å². The van der Waals surface area contributed by atoms with Crippen molar-refractivity contribution in [1.29, 1.82) is 0 Å². The number of rotatable bonds is 17. The summed E-state index contributed by atoms with van der Waals surface area (Å²) in [6, 6.07) is 19.1. The van der Waals surface area contributed by atoms with Crippen molar-refractivity contribution in [2.75, 3.05) is 44.2 Å². The molecule has 3 N–H and O–H groups in total. The van der Waals surface area contributed by atoms with Gasteiger partial charge >= 0.3 is 11.9 Å². The first-order valence-corrected chi connectivity index (χ1v) is 48.4. The van der Waals surface area contributed by atoms with Crippen LogP contribution in [0.4, 0.5) is 5.69 Å². The van der Waals surface area contributed by atoms with Gasteiger partial charge in [0.25, 0.3) is 17.7 Å². The number of nitrogens with one attached hydrogen (secondary N) is 3. The number of benzene rings is 3. The summed E-state index contributed by atoms with van der Waals surface area (Å²) in [7, 11) is -10.6. The number of ether oxygens (including phenoxy) is 1. The second-order valence-corrected chi connectivity index (χ2v) is 40.9. The van der Waals surface area contributed by atoms with Crippen LogP contribution in [0.1, 0.15) is 279 Å². The molecule has 15 rings (SSSR count). The number of halogens is 1. The number of anilines is 1. The summed E-state index contributed by atoms with van der Waals surface area (Å²) in [5.74, 6) is 4.05. The van der Waals surface area contributed by atoms with Crippen molar-refractivity contribution in [2.24, 2.45) is 44.6 Å². The molecule has 9 fully saturated rings. The molecule has 3 saturated heterocycles. The minimum Gasteiger partial charge on any atom is -0.394 e. The largest absolute Gasteiger partial charge is 0.394 e. The van der Waals surface area contributed by atoms with Gasteiger partial charge in [-0.3, -0.25) is 43.7 Å². The number of amidine groups is 3. The van der Waals surface area contributed by atoms with Gasteiger partial charge in [0.1, 0.15) is 34.1 Å². The van der Waals surface area contributed by atoms with Gasteiger partial charge in [-0.15, -0.1) is 0 Å². The Balaban J connectivity index is 0.000000167. The van der Waals surface area contributed by atoms with Crippen molar-refractivity contribution >= 4 is 117 Å². The van der Waals surface area contributed by atoms with Crippen molar-refractivity contribution in [1.82, 2.24) is 28.9 Å². The number of esters is 2. The van der Waals surface area contributed by atoms with E-state index >= 15 is 0 Å². The number of carbonyl (C=O) groups excluding carboxylic acids is 6. The third-order valence-corrected chi connectivity index (χ3v) is 31.7. The van der Waals surface area contributed by atoms with Crippen LogP contribution in [0.3, 0.4) is 0 Å². The van der Waals surface area contributed by atoms with Crippen molar-refractivity contribution in [3.05, 3.63) is 121 Å². The molecule has 27 heteroatoms. The van der Waals surface area contributed by atoms with Crippen LogP contribution in [0.5, 0.6) is 0 Å². The van der Waals surface area contributed by atoms with Crippen molar-refractivity contribution in [2.45, 2.75) is 296 Å². The third kappa shape index (κ3) is 24.3. The van der Waals surface area contributed by atoms with E-state index in [2.05, 4.69) is 87.4 Å². The van der Waals surface area contributed by atoms with E-state index in [0.29, 0.717) is 82.5 Å². The quantitative estimate of drug-likeness (QED) is 0.0837. The molecule has 0 atom stereocenters. The average Bonchev–Trinajstić information content (AvgIpc) is 1.65. The minimum atomic E-state index is -3.64. The fourth-order valence-corrected chi connectivity index (χ4v) is 22.8. The monoisotopic (exact) mass is 1730 g/mol. The molecule has 3 spiro atoms. The zero-order valence-corrected chi connectivity index (χ0v) is 73.3. The number of sulfonamides is 3. The zero-order chi connectivity index (χ0) is 83.0. The van der Waals surface area contributed by atoms with Crippen LogP contribution in [0.25, 0.3) is 12.2 Å². The molecule has 642 valence electrons. The summed E-state index contributed by atoms with van der Waals surface area (Å²) >= 11 is 3.54. The SMILES string of the molecule is C.C=CS(=O)(=O)N1CCC2(CC1)N=C(C1CCCCC1)NC2=O.CC(=O)N(c1ccc(/C=C/S(=O)(=O)N2CCC3(CC2)N=C(C2CCCCC2)NC3=O)c(C)c1)C1CCCC1.CC(=O)OC(C)=O.Cc1cc(CC2CCCC2)ccc1/C=C/S(=O)(=O)N1CCC2(CC1)N=C(C1CCCCC1)NC2=O.Cc1cc(CC2CCCC2)ccc1Br. The van der Waals surface area contributed by atoms with Gasteiger partial charge in [-0.1, -0.05) is 188 Å². The van der Waals surface area contributed by atoms with Gasteiger partial charge in [0.2, 0.25) is 36.0 Å². The summed E-state index contributed by atoms with van der Waals surface area (Å²) in [5, 5.41) is 12.6. The normalized spacial score (nSPS) is 22.4. The van der Waals surface area contributed by atoms with E-state index in [1.165, 1.54) is 174 Å². The lowest BCUT2D eigenvalue weighted by molar-refractivity contribution is -0.156. The summed E-state index contributed by atoms with van der Waals surface area (Å²) in [5.41, 5.74) is 6.50. The summed E-state index contributed by atoms with van der Waals surface area (Å²) < 4.78 is 85.6. The highest BCUT2D eigenvalue weighted by atomic mass is 79.9. The van der Waals surface area contributed by atoms with Gasteiger partial charge in [-0.2, -0.15) is 12.9 Å². The van der Waals surface area contributed by atoms with E-state index in [4.69, 9.17) is 15.0 Å². The number of carbonyl (C=O) groups is 6. The van der Waals surface area contributed by atoms with Gasteiger partial charge in [0.05, 0.1) is 0 Å². The van der Waals surface area contributed by atoms with Crippen LogP contribution < -0.4 is 20.9 Å². The Morgan fingerprint density at radius 3 is 1.12 bits per heavy atom. The molecule has 6 saturated carbocycles. The molecule has 0 unspecified atom stereocenters. The van der Waals surface area contributed by atoms with Crippen LogP contribution >= 0.6 is 15.9 Å². The maximum atomic E-state index is 13.2. The van der Waals surface area contributed by atoms with Crippen molar-refractivity contribution < 1.29 is 58.8 Å². The highest BCUT2D eigenvalue weighted by Gasteiger charge is 2.51. The van der Waals surface area contributed by atoms with E-state index in [1.54, 1.807) is 19.1 Å². The molecule has 117 heavy (non-hydrogen) atoms. The van der Waals surface area contributed by atoms with E-state index in [1.807, 2.05) is 36.1 Å². The molecule has 0 aromatic heterocycles. The lowest BCUT2D eigenvalue weighted by Crippen LogP contribution is -2.50. The molecule has 0 bridgehead atoms. The first-order valence-electron chi connectivity index (χ1n) is 43.0. The summed E-state index contributed by atoms with van der Waals surface area (Å²) in [6.45, 7) is 15.3. The Hall–Kier alpha value is -6.88. The number of amides is 4. The summed E-state index contributed by atoms with van der Waals surface area (Å²) in [6.07, 6.45) is 41.1. The molecule has 3 aromatic carbocycles. The van der Waals surface area contributed by atoms with E-state index < -0.39 is 58.6 Å². The van der Waals surface area contributed by atoms with Gasteiger partial charge < -0.3 is 25.6 Å². The smallest absolute Gasteiger partial charge is 0.310 e. The maximum absolute atomic E-state index is 13.2. The molecule has 3 aromatic rings. The number of hydrogen-bond acceptors (Lipinski definition) is 16. The van der Waals surface area contributed by atoms with E-state index in [0.717, 1.165) is 133 Å². The third-order valence-electron chi connectivity index (χ3n) is 26.2. The molecule has 6 aliphatic carbocycles. The number of aryl methyl sites for hydroxylation is 3. The minimum absolute atomic E-state index is 0. The molecule has 12 aliphatic rings. The number of aliphatic imine (C=N–C) groups is 3. The topological polar surface area (TPSA) is 300 Å². The van der Waals surface area contributed by atoms with Crippen LogP contribution in [0.15, 0.2) is 96.9 Å². The van der Waals surface area contributed by atoms with Crippen molar-refractivity contribution in [3.8, 4) is 0 Å². The first kappa shape index (κ1) is 92.4. The van der Waals surface area contributed by atoms with Gasteiger partial charge in [0, 0.05) is 110 Å². The lowest BCUT2D eigenvalue weighted by Gasteiger charge is -2.34.